The largest absolute Gasteiger partial charge is 0.493 e. The van der Waals surface area contributed by atoms with Crippen molar-refractivity contribution in [3.63, 3.8) is 0 Å². The molecule has 0 amide bonds. The minimum Gasteiger partial charge on any atom is -0.493 e. The van der Waals surface area contributed by atoms with Gasteiger partial charge in [-0.15, -0.1) is 11.3 Å². The molecule has 1 nitrogen and oxygen atoms in total. The highest BCUT2D eigenvalue weighted by molar-refractivity contribution is 7.22. The Morgan fingerprint density at radius 2 is 1.59 bits per heavy atom. The third-order valence-corrected chi connectivity index (χ3v) is 6.50. The van der Waals surface area contributed by atoms with E-state index in [2.05, 4.69) is 0 Å². The zero-order valence-corrected chi connectivity index (χ0v) is 18.5. The predicted octanol–water partition coefficient (Wildman–Crippen LogP) is 8.74. The Kier molecular flexibility index (Phi) is 6.24. The summed E-state index contributed by atoms with van der Waals surface area (Å²) in [5.74, 6) is -0.429. The van der Waals surface area contributed by atoms with Gasteiger partial charge in [0.25, 0.3) is 0 Å². The quantitative estimate of drug-likeness (QED) is 0.263. The highest BCUT2D eigenvalue weighted by Crippen LogP contribution is 2.46. The van der Waals surface area contributed by atoms with Gasteiger partial charge in [-0.05, 0) is 59.7 Å². The fourth-order valence-corrected chi connectivity index (χ4v) is 5.05. The zero-order valence-electron chi connectivity index (χ0n) is 17.7. The molecule has 0 N–H and O–H groups in total. The van der Waals surface area contributed by atoms with Crippen molar-refractivity contribution in [1.82, 2.24) is 0 Å². The van der Waals surface area contributed by atoms with E-state index in [1.54, 1.807) is 43.3 Å². The van der Waals surface area contributed by atoms with Crippen LogP contribution in [0.15, 0.2) is 60.7 Å². The third-order valence-electron chi connectivity index (χ3n) is 5.28. The van der Waals surface area contributed by atoms with Crippen molar-refractivity contribution in [2.24, 2.45) is 0 Å². The molecule has 0 aliphatic carbocycles. The fourth-order valence-electron chi connectivity index (χ4n) is 3.82. The lowest BCUT2D eigenvalue weighted by Gasteiger charge is -2.13. The van der Waals surface area contributed by atoms with Crippen molar-refractivity contribution in [2.75, 3.05) is 6.61 Å². The standard InChI is InChI=1S/C26H22F4OS/c1-3-5-16-6-12-20(21(27)14-16)17-7-9-18(10-8-17)23-15-19-11-13-22(31-4-2)24(25(19)32-23)26(28,29)30/h6-15H,3-5H2,1-2H3. The zero-order chi connectivity index (χ0) is 22.9. The first-order chi connectivity index (χ1) is 15.3. The van der Waals surface area contributed by atoms with E-state index >= 15 is 0 Å². The summed E-state index contributed by atoms with van der Waals surface area (Å²) in [5.41, 5.74) is 2.24. The van der Waals surface area contributed by atoms with Gasteiger partial charge < -0.3 is 4.74 Å². The second-order valence-electron chi connectivity index (χ2n) is 7.54. The van der Waals surface area contributed by atoms with Crippen LogP contribution in [0.2, 0.25) is 0 Å². The molecule has 0 bridgehead atoms. The number of rotatable bonds is 6. The molecule has 1 heterocycles. The fraction of sp³-hybridized carbons (Fsp3) is 0.231. The maximum atomic E-state index is 14.6. The van der Waals surface area contributed by atoms with Crippen LogP contribution in [0.25, 0.3) is 31.7 Å². The molecule has 166 valence electrons. The molecule has 0 saturated heterocycles. The molecule has 0 spiro atoms. The van der Waals surface area contributed by atoms with Crippen molar-refractivity contribution in [3.8, 4) is 27.3 Å². The van der Waals surface area contributed by atoms with Crippen LogP contribution in [0, 0.1) is 5.82 Å². The van der Waals surface area contributed by atoms with Crippen LogP contribution < -0.4 is 4.74 Å². The molecule has 3 aromatic carbocycles. The molecule has 0 atom stereocenters. The van der Waals surface area contributed by atoms with E-state index in [0.29, 0.717) is 15.8 Å². The number of thiophene rings is 1. The number of halogens is 4. The molecular weight excluding hydrogens is 436 g/mol. The van der Waals surface area contributed by atoms with Gasteiger partial charge >= 0.3 is 6.18 Å². The van der Waals surface area contributed by atoms with Gasteiger partial charge in [0.05, 0.1) is 11.3 Å². The summed E-state index contributed by atoms with van der Waals surface area (Å²) in [6.07, 6.45) is -2.74. The maximum Gasteiger partial charge on any atom is 0.421 e. The van der Waals surface area contributed by atoms with Crippen LogP contribution in [0.5, 0.6) is 5.75 Å². The average molecular weight is 459 g/mol. The first kappa shape index (κ1) is 22.3. The minimum absolute atomic E-state index is 0.153. The molecule has 0 aliphatic rings. The molecule has 0 saturated carbocycles. The predicted molar refractivity (Wildman–Crippen MR) is 123 cm³/mol. The number of aryl methyl sites for hydroxylation is 1. The number of alkyl halides is 3. The van der Waals surface area contributed by atoms with Crippen LogP contribution in [0.4, 0.5) is 17.6 Å². The summed E-state index contributed by atoms with van der Waals surface area (Å²) in [5, 5.41) is 0.516. The summed E-state index contributed by atoms with van der Waals surface area (Å²) in [6.45, 7) is 3.87. The molecule has 0 unspecified atom stereocenters. The highest BCUT2D eigenvalue weighted by Gasteiger charge is 2.37. The molecular formula is C26H22F4OS. The first-order valence-corrected chi connectivity index (χ1v) is 11.3. The van der Waals surface area contributed by atoms with E-state index in [4.69, 9.17) is 4.74 Å². The van der Waals surface area contributed by atoms with Crippen LogP contribution in [-0.4, -0.2) is 6.61 Å². The SMILES string of the molecule is CCCc1ccc(-c2ccc(-c3cc4ccc(OCC)c(C(F)(F)F)c4s3)cc2)c(F)c1. The van der Waals surface area contributed by atoms with Crippen molar-refractivity contribution in [2.45, 2.75) is 32.9 Å². The monoisotopic (exact) mass is 458 g/mol. The van der Waals surface area contributed by atoms with E-state index < -0.39 is 11.7 Å². The summed E-state index contributed by atoms with van der Waals surface area (Å²) >= 11 is 1.08. The average Bonchev–Trinajstić information content (AvgIpc) is 3.17. The third kappa shape index (κ3) is 4.37. The maximum absolute atomic E-state index is 14.6. The first-order valence-electron chi connectivity index (χ1n) is 10.5. The van der Waals surface area contributed by atoms with E-state index in [0.717, 1.165) is 40.9 Å². The van der Waals surface area contributed by atoms with Crippen LogP contribution >= 0.6 is 11.3 Å². The molecule has 32 heavy (non-hydrogen) atoms. The lowest BCUT2D eigenvalue weighted by molar-refractivity contribution is -0.137. The van der Waals surface area contributed by atoms with Gasteiger partial charge in [0.2, 0.25) is 0 Å². The highest BCUT2D eigenvalue weighted by atomic mass is 32.1. The summed E-state index contributed by atoms with van der Waals surface area (Å²) in [4.78, 5) is 0.712. The lowest BCUT2D eigenvalue weighted by atomic mass is 10.00. The second kappa shape index (κ2) is 8.94. The Hall–Kier alpha value is -2.86. The van der Waals surface area contributed by atoms with Crippen LogP contribution in [0.1, 0.15) is 31.4 Å². The molecule has 4 aromatic rings. The van der Waals surface area contributed by atoms with E-state index in [1.807, 2.05) is 25.1 Å². The van der Waals surface area contributed by atoms with Crippen molar-refractivity contribution < 1.29 is 22.3 Å². The Bertz CT molecular complexity index is 1240. The van der Waals surface area contributed by atoms with Gasteiger partial charge in [-0.1, -0.05) is 49.7 Å². The van der Waals surface area contributed by atoms with Gasteiger partial charge in [-0.25, -0.2) is 4.39 Å². The molecule has 6 heteroatoms. The number of benzene rings is 3. The normalized spacial score (nSPS) is 11.8. The van der Waals surface area contributed by atoms with Crippen molar-refractivity contribution in [1.29, 1.82) is 0 Å². The Morgan fingerprint density at radius 3 is 2.22 bits per heavy atom. The molecule has 0 radical (unpaired) electrons. The van der Waals surface area contributed by atoms with Crippen LogP contribution in [0.3, 0.4) is 0 Å². The number of fused-ring (bicyclic) bond motifs is 1. The van der Waals surface area contributed by atoms with Crippen molar-refractivity contribution in [3.05, 3.63) is 77.6 Å². The lowest BCUT2D eigenvalue weighted by Crippen LogP contribution is -2.08. The molecule has 0 fully saturated rings. The van der Waals surface area contributed by atoms with Gasteiger partial charge in [-0.2, -0.15) is 13.2 Å². The van der Waals surface area contributed by atoms with Gasteiger partial charge in [0, 0.05) is 10.4 Å². The molecule has 1 aromatic heterocycles. The summed E-state index contributed by atoms with van der Waals surface area (Å²) in [7, 11) is 0. The number of hydrogen-bond acceptors (Lipinski definition) is 2. The van der Waals surface area contributed by atoms with Crippen LogP contribution in [-0.2, 0) is 12.6 Å². The van der Waals surface area contributed by atoms with E-state index in [9.17, 15) is 17.6 Å². The number of ether oxygens (including phenoxy) is 1. The van der Waals surface area contributed by atoms with Gasteiger partial charge in [0.1, 0.15) is 17.1 Å². The summed E-state index contributed by atoms with van der Waals surface area (Å²) in [6, 6.07) is 17.3. The van der Waals surface area contributed by atoms with Gasteiger partial charge in [-0.3, -0.25) is 0 Å². The topological polar surface area (TPSA) is 9.23 Å². The smallest absolute Gasteiger partial charge is 0.421 e. The Morgan fingerprint density at radius 1 is 0.875 bits per heavy atom. The van der Waals surface area contributed by atoms with Gasteiger partial charge in [0.15, 0.2) is 0 Å². The Balaban J connectivity index is 1.71. The van der Waals surface area contributed by atoms with Crippen molar-refractivity contribution >= 4 is 21.4 Å². The molecule has 0 aliphatic heterocycles. The van der Waals surface area contributed by atoms with E-state index in [-0.39, 0.29) is 22.9 Å². The Labute approximate surface area is 188 Å². The number of hydrogen-bond donors (Lipinski definition) is 0. The molecule has 4 rings (SSSR count). The second-order valence-corrected chi connectivity index (χ2v) is 8.59. The van der Waals surface area contributed by atoms with E-state index in [1.165, 1.54) is 6.07 Å². The minimum atomic E-state index is -4.52. The summed E-state index contributed by atoms with van der Waals surface area (Å²) < 4.78 is 61.2.